The van der Waals surface area contributed by atoms with Crippen LogP contribution in [-0.2, 0) is 4.79 Å². The standard InChI is InChI=1S/C20H20N2O2S/c1-13-5-8-16(9-6-13)11-18-19(23)22(20(24)25-18)12-21-17-10-14(2)4-7-15(17)3/h4-11,21H,12H2,1-3H3/b18-11+. The van der Waals surface area contributed by atoms with Crippen molar-refractivity contribution >= 4 is 34.7 Å². The number of amides is 2. The summed E-state index contributed by atoms with van der Waals surface area (Å²) in [6, 6.07) is 13.9. The van der Waals surface area contributed by atoms with Crippen LogP contribution < -0.4 is 5.32 Å². The highest BCUT2D eigenvalue weighted by Crippen LogP contribution is 2.32. The summed E-state index contributed by atoms with van der Waals surface area (Å²) in [5.74, 6) is -0.256. The van der Waals surface area contributed by atoms with E-state index in [1.165, 1.54) is 4.90 Å². The van der Waals surface area contributed by atoms with Crippen molar-refractivity contribution in [3.63, 3.8) is 0 Å². The van der Waals surface area contributed by atoms with Crippen LogP contribution in [0.5, 0.6) is 0 Å². The van der Waals surface area contributed by atoms with Crippen LogP contribution in [0.2, 0.25) is 0 Å². The molecular weight excluding hydrogens is 332 g/mol. The van der Waals surface area contributed by atoms with Crippen LogP contribution in [0.4, 0.5) is 10.5 Å². The van der Waals surface area contributed by atoms with E-state index in [4.69, 9.17) is 0 Å². The zero-order valence-electron chi connectivity index (χ0n) is 14.5. The molecule has 2 aromatic rings. The Kier molecular flexibility index (Phi) is 4.95. The van der Waals surface area contributed by atoms with Crippen LogP contribution in [0.1, 0.15) is 22.3 Å². The minimum atomic E-state index is -0.256. The lowest BCUT2D eigenvalue weighted by Gasteiger charge is -2.16. The number of carbonyl (C=O) groups is 2. The summed E-state index contributed by atoms with van der Waals surface area (Å²) in [6.45, 7) is 6.18. The van der Waals surface area contributed by atoms with Gasteiger partial charge >= 0.3 is 0 Å². The Morgan fingerprint density at radius 2 is 1.68 bits per heavy atom. The summed E-state index contributed by atoms with van der Waals surface area (Å²) in [5.41, 5.74) is 5.21. The second-order valence-corrected chi connectivity index (χ2v) is 7.17. The highest BCUT2D eigenvalue weighted by Gasteiger charge is 2.34. The summed E-state index contributed by atoms with van der Waals surface area (Å²) in [7, 11) is 0. The van der Waals surface area contributed by atoms with E-state index < -0.39 is 0 Å². The quantitative estimate of drug-likeness (QED) is 0.809. The van der Waals surface area contributed by atoms with Crippen molar-refractivity contribution in [1.29, 1.82) is 0 Å². The lowest BCUT2D eigenvalue weighted by molar-refractivity contribution is -0.122. The highest BCUT2D eigenvalue weighted by atomic mass is 32.2. The summed E-state index contributed by atoms with van der Waals surface area (Å²) >= 11 is 0.982. The predicted molar refractivity (Wildman–Crippen MR) is 103 cm³/mol. The molecule has 0 unspecified atom stereocenters. The lowest BCUT2D eigenvalue weighted by atomic mass is 10.1. The second-order valence-electron chi connectivity index (χ2n) is 6.17. The molecule has 0 atom stereocenters. The first-order valence-corrected chi connectivity index (χ1v) is 8.89. The van der Waals surface area contributed by atoms with E-state index in [2.05, 4.69) is 5.32 Å². The smallest absolute Gasteiger partial charge is 0.295 e. The maximum atomic E-state index is 12.5. The zero-order valence-corrected chi connectivity index (χ0v) is 15.3. The molecule has 0 spiro atoms. The first-order chi connectivity index (χ1) is 11.9. The van der Waals surface area contributed by atoms with Gasteiger partial charge in [0.2, 0.25) is 0 Å². The molecular formula is C20H20N2O2S. The number of anilines is 1. The molecule has 4 nitrogen and oxygen atoms in total. The average Bonchev–Trinajstić information content (AvgIpc) is 2.84. The number of aryl methyl sites for hydroxylation is 3. The largest absolute Gasteiger partial charge is 0.367 e. The van der Waals surface area contributed by atoms with Crippen LogP contribution >= 0.6 is 11.8 Å². The van der Waals surface area contributed by atoms with Gasteiger partial charge in [-0.3, -0.25) is 14.5 Å². The summed E-state index contributed by atoms with van der Waals surface area (Å²) < 4.78 is 0. The lowest BCUT2D eigenvalue weighted by Crippen LogP contribution is -2.33. The number of rotatable bonds is 4. The van der Waals surface area contributed by atoms with Gasteiger partial charge in [0.05, 0.1) is 11.6 Å². The van der Waals surface area contributed by atoms with E-state index in [0.29, 0.717) is 4.91 Å². The van der Waals surface area contributed by atoms with E-state index in [0.717, 1.165) is 39.7 Å². The van der Waals surface area contributed by atoms with Gasteiger partial charge in [0.1, 0.15) is 0 Å². The maximum absolute atomic E-state index is 12.5. The van der Waals surface area contributed by atoms with Crippen molar-refractivity contribution in [3.8, 4) is 0 Å². The fourth-order valence-corrected chi connectivity index (χ4v) is 3.38. The fraction of sp³-hybridized carbons (Fsp3) is 0.200. The van der Waals surface area contributed by atoms with Gasteiger partial charge in [-0.1, -0.05) is 42.0 Å². The Morgan fingerprint density at radius 3 is 2.40 bits per heavy atom. The molecule has 1 saturated heterocycles. The first-order valence-electron chi connectivity index (χ1n) is 8.07. The molecule has 1 fully saturated rings. The molecule has 2 aromatic carbocycles. The van der Waals surface area contributed by atoms with E-state index in [9.17, 15) is 9.59 Å². The van der Waals surface area contributed by atoms with Gasteiger partial charge in [-0.2, -0.15) is 0 Å². The summed E-state index contributed by atoms with van der Waals surface area (Å²) in [4.78, 5) is 26.4. The monoisotopic (exact) mass is 352 g/mol. The number of hydrogen-bond donors (Lipinski definition) is 1. The molecule has 0 aliphatic carbocycles. The van der Waals surface area contributed by atoms with Crippen molar-refractivity contribution in [2.45, 2.75) is 20.8 Å². The van der Waals surface area contributed by atoms with Crippen molar-refractivity contribution in [2.24, 2.45) is 0 Å². The molecule has 2 amide bonds. The van der Waals surface area contributed by atoms with Crippen LogP contribution in [0, 0.1) is 20.8 Å². The third-order valence-corrected chi connectivity index (χ3v) is 4.98. The second kappa shape index (κ2) is 7.15. The van der Waals surface area contributed by atoms with E-state index in [1.54, 1.807) is 6.08 Å². The fourth-order valence-electron chi connectivity index (χ4n) is 2.54. The molecule has 1 aliphatic rings. The molecule has 0 aromatic heterocycles. The molecule has 0 saturated carbocycles. The number of hydrogen-bond acceptors (Lipinski definition) is 4. The Morgan fingerprint density at radius 1 is 1.00 bits per heavy atom. The van der Waals surface area contributed by atoms with E-state index in [-0.39, 0.29) is 17.8 Å². The minimum absolute atomic E-state index is 0.167. The van der Waals surface area contributed by atoms with Gasteiger partial charge in [-0.05, 0) is 61.4 Å². The predicted octanol–water partition coefficient (Wildman–Crippen LogP) is 4.72. The van der Waals surface area contributed by atoms with Gasteiger partial charge in [0, 0.05) is 5.69 Å². The number of nitrogens with one attached hydrogen (secondary N) is 1. The maximum Gasteiger partial charge on any atom is 0.295 e. The SMILES string of the molecule is Cc1ccc(/C=C2/SC(=O)N(CNc3cc(C)ccc3C)C2=O)cc1. The van der Waals surface area contributed by atoms with Gasteiger partial charge in [0.25, 0.3) is 11.1 Å². The zero-order chi connectivity index (χ0) is 18.0. The van der Waals surface area contributed by atoms with Crippen molar-refractivity contribution in [1.82, 2.24) is 4.90 Å². The third-order valence-electron chi connectivity index (χ3n) is 4.07. The molecule has 0 bridgehead atoms. The molecule has 1 heterocycles. The van der Waals surface area contributed by atoms with E-state index in [1.807, 2.05) is 63.2 Å². The summed E-state index contributed by atoms with van der Waals surface area (Å²) in [6.07, 6.45) is 1.77. The molecule has 3 rings (SSSR count). The van der Waals surface area contributed by atoms with Crippen molar-refractivity contribution < 1.29 is 9.59 Å². The number of benzene rings is 2. The van der Waals surface area contributed by atoms with Crippen molar-refractivity contribution in [2.75, 3.05) is 12.0 Å². The van der Waals surface area contributed by atoms with Gasteiger partial charge in [-0.15, -0.1) is 0 Å². The minimum Gasteiger partial charge on any atom is -0.367 e. The van der Waals surface area contributed by atoms with Gasteiger partial charge in [-0.25, -0.2) is 0 Å². The summed E-state index contributed by atoms with van der Waals surface area (Å²) in [5, 5.41) is 2.94. The Hall–Kier alpha value is -2.53. The number of nitrogens with zero attached hydrogens (tertiary/aromatic N) is 1. The third kappa shape index (κ3) is 3.94. The molecule has 1 N–H and O–H groups in total. The van der Waals surface area contributed by atoms with Gasteiger partial charge in [0.15, 0.2) is 0 Å². The normalized spacial score (nSPS) is 16.0. The van der Waals surface area contributed by atoms with Crippen molar-refractivity contribution in [3.05, 3.63) is 69.6 Å². The molecule has 5 heteroatoms. The molecule has 1 aliphatic heterocycles. The van der Waals surface area contributed by atoms with E-state index >= 15 is 0 Å². The number of carbonyl (C=O) groups excluding carboxylic acids is 2. The average molecular weight is 352 g/mol. The topological polar surface area (TPSA) is 49.4 Å². The number of imide groups is 1. The highest BCUT2D eigenvalue weighted by molar-refractivity contribution is 8.18. The van der Waals surface area contributed by atoms with Crippen LogP contribution in [-0.4, -0.2) is 22.7 Å². The molecule has 128 valence electrons. The Bertz CT molecular complexity index is 856. The van der Waals surface area contributed by atoms with Gasteiger partial charge < -0.3 is 5.32 Å². The van der Waals surface area contributed by atoms with Crippen LogP contribution in [0.25, 0.3) is 6.08 Å². The molecule has 0 radical (unpaired) electrons. The van der Waals surface area contributed by atoms with Crippen LogP contribution in [0.3, 0.4) is 0 Å². The Balaban J connectivity index is 1.73. The molecule has 25 heavy (non-hydrogen) atoms. The number of thioether (sulfide) groups is 1. The first kappa shape index (κ1) is 17.3. The van der Waals surface area contributed by atoms with Crippen LogP contribution in [0.15, 0.2) is 47.4 Å². The Labute approximate surface area is 151 Å².